The van der Waals surface area contributed by atoms with Gasteiger partial charge < -0.3 is 16.0 Å². The Bertz CT molecular complexity index is 1300. The van der Waals surface area contributed by atoms with Gasteiger partial charge in [0.15, 0.2) is 0 Å². The first-order valence-electron chi connectivity index (χ1n) is 11.3. The number of anilines is 2. The molecule has 178 valence electrons. The third-order valence-electron chi connectivity index (χ3n) is 7.12. The first-order valence-corrected chi connectivity index (χ1v) is 11.8. The van der Waals surface area contributed by atoms with Gasteiger partial charge in [0, 0.05) is 60.3 Å². The van der Waals surface area contributed by atoms with Crippen molar-refractivity contribution in [3.05, 3.63) is 58.8 Å². The van der Waals surface area contributed by atoms with Gasteiger partial charge in [-0.2, -0.15) is 5.10 Å². The number of hydrogen-bond acceptors (Lipinski definition) is 5. The molecule has 1 fully saturated rings. The molecule has 1 aliphatic heterocycles. The molecule has 1 saturated carbocycles. The summed E-state index contributed by atoms with van der Waals surface area (Å²) in [5.74, 6) is -0.317. The zero-order valence-corrected chi connectivity index (χ0v) is 20.4. The molecule has 3 aromatic rings. The molecule has 0 bridgehead atoms. The smallest absolute Gasteiger partial charge is 0.258 e. The van der Waals surface area contributed by atoms with Gasteiger partial charge in [0.05, 0.1) is 22.7 Å². The highest BCUT2D eigenvalue weighted by molar-refractivity contribution is 6.21. The van der Waals surface area contributed by atoms with Gasteiger partial charge in [-0.15, -0.1) is 11.6 Å². The third kappa shape index (κ3) is 3.43. The minimum Gasteiger partial charge on any atom is -0.398 e. The molecular formula is C25H28ClFN6O. The van der Waals surface area contributed by atoms with E-state index in [0.717, 1.165) is 35.6 Å². The number of amides is 1. The Balaban J connectivity index is 1.55. The van der Waals surface area contributed by atoms with Crippen molar-refractivity contribution in [2.75, 3.05) is 31.7 Å². The standard InChI is InChI=1S/C25H28ClFN6O/c1-13-7-14(2)33(31-13)20-10-25(9-18(20)26)12-30-23-17(25)8-15(11-29-23)16-5-6-19(28)21(22(16)27)24(34)32(3)4/h5-8,11,18,20H,9-10,12,28H2,1-4H3,(H,29,30)/t18?,20-,25-/m1/s1. The number of rotatable bonds is 3. The summed E-state index contributed by atoms with van der Waals surface area (Å²) in [6, 6.07) is 7.27. The number of hydrogen-bond donors (Lipinski definition) is 2. The van der Waals surface area contributed by atoms with E-state index in [1.165, 1.54) is 4.90 Å². The SMILES string of the molecule is Cc1cc(C)n([C@@H]2C[C@@]3(CNc4ncc(-c5ccc(N)c(C(=O)N(C)C)c5F)cc43)CC2Cl)n1. The van der Waals surface area contributed by atoms with Gasteiger partial charge in [-0.05, 0) is 51.0 Å². The van der Waals surface area contributed by atoms with Crippen molar-refractivity contribution in [2.24, 2.45) is 0 Å². The molecule has 3 N–H and O–H groups in total. The zero-order valence-electron chi connectivity index (χ0n) is 19.7. The summed E-state index contributed by atoms with van der Waals surface area (Å²) >= 11 is 6.89. The lowest BCUT2D eigenvalue weighted by molar-refractivity contribution is 0.0824. The van der Waals surface area contributed by atoms with E-state index in [9.17, 15) is 4.79 Å². The quantitative estimate of drug-likeness (QED) is 0.429. The number of nitrogen functional groups attached to an aromatic ring is 1. The van der Waals surface area contributed by atoms with Gasteiger partial charge >= 0.3 is 0 Å². The molecule has 7 nitrogen and oxygen atoms in total. The average molecular weight is 483 g/mol. The van der Waals surface area contributed by atoms with E-state index in [4.69, 9.17) is 17.3 Å². The van der Waals surface area contributed by atoms with Gasteiger partial charge in [-0.1, -0.05) is 0 Å². The van der Waals surface area contributed by atoms with Crippen molar-refractivity contribution in [3.8, 4) is 11.1 Å². The van der Waals surface area contributed by atoms with Crippen LogP contribution < -0.4 is 11.1 Å². The zero-order chi connectivity index (χ0) is 24.4. The fourth-order valence-corrected chi connectivity index (χ4v) is 5.96. The number of pyridine rings is 1. The van der Waals surface area contributed by atoms with Crippen molar-refractivity contribution in [1.29, 1.82) is 0 Å². The van der Waals surface area contributed by atoms with Crippen LogP contribution in [0, 0.1) is 19.7 Å². The molecular weight excluding hydrogens is 455 g/mol. The van der Waals surface area contributed by atoms with Crippen molar-refractivity contribution >= 4 is 29.0 Å². The van der Waals surface area contributed by atoms with E-state index in [-0.39, 0.29) is 28.1 Å². The minimum atomic E-state index is -0.636. The van der Waals surface area contributed by atoms with E-state index >= 15 is 4.39 Å². The van der Waals surface area contributed by atoms with Crippen molar-refractivity contribution in [3.63, 3.8) is 0 Å². The highest BCUT2D eigenvalue weighted by Gasteiger charge is 2.51. The van der Waals surface area contributed by atoms with Crippen LogP contribution in [0.2, 0.25) is 0 Å². The van der Waals surface area contributed by atoms with Crippen LogP contribution in [0.15, 0.2) is 30.5 Å². The monoisotopic (exact) mass is 482 g/mol. The largest absolute Gasteiger partial charge is 0.398 e. The van der Waals surface area contributed by atoms with Crippen LogP contribution in [-0.4, -0.2) is 51.6 Å². The number of carbonyl (C=O) groups excluding carboxylic acids is 1. The number of aryl methyl sites for hydroxylation is 2. The minimum absolute atomic E-state index is 0.0596. The number of aromatic nitrogens is 3. The van der Waals surface area contributed by atoms with Gasteiger partial charge in [-0.25, -0.2) is 9.37 Å². The Morgan fingerprint density at radius 1 is 1.29 bits per heavy atom. The Hall–Kier alpha value is -3.13. The number of nitrogens with two attached hydrogens (primary N) is 1. The van der Waals surface area contributed by atoms with Gasteiger partial charge in [0.25, 0.3) is 5.91 Å². The number of benzene rings is 1. The van der Waals surface area contributed by atoms with E-state index in [0.29, 0.717) is 17.7 Å². The molecule has 3 atom stereocenters. The van der Waals surface area contributed by atoms with Crippen LogP contribution >= 0.6 is 11.6 Å². The van der Waals surface area contributed by atoms with Gasteiger partial charge in [0.1, 0.15) is 11.6 Å². The number of fused-ring (bicyclic) bond motifs is 2. The van der Waals surface area contributed by atoms with Crippen molar-refractivity contribution < 1.29 is 9.18 Å². The normalized spacial score (nSPS) is 23.2. The second-order valence-electron chi connectivity index (χ2n) is 9.71. The van der Waals surface area contributed by atoms with Crippen LogP contribution in [0.3, 0.4) is 0 Å². The Kier molecular flexibility index (Phi) is 5.31. The molecule has 9 heteroatoms. The molecule has 1 amide bonds. The number of alkyl halides is 1. The molecule has 0 radical (unpaired) electrons. The predicted molar refractivity (Wildman–Crippen MR) is 132 cm³/mol. The highest BCUT2D eigenvalue weighted by atomic mass is 35.5. The molecule has 5 rings (SSSR count). The maximum Gasteiger partial charge on any atom is 0.258 e. The lowest BCUT2D eigenvalue weighted by atomic mass is 9.80. The first-order chi connectivity index (χ1) is 16.1. The second-order valence-corrected chi connectivity index (χ2v) is 10.3. The molecule has 2 aliphatic rings. The second kappa shape index (κ2) is 7.98. The summed E-state index contributed by atoms with van der Waals surface area (Å²) in [5.41, 5.74) is 9.70. The van der Waals surface area contributed by atoms with E-state index in [1.807, 2.05) is 24.6 Å². The topological polar surface area (TPSA) is 89.1 Å². The fraction of sp³-hybridized carbons (Fsp3) is 0.400. The van der Waals surface area contributed by atoms with Gasteiger partial charge in [0.2, 0.25) is 0 Å². The van der Waals surface area contributed by atoms with Crippen LogP contribution in [-0.2, 0) is 5.41 Å². The summed E-state index contributed by atoms with van der Waals surface area (Å²) < 4.78 is 17.6. The molecule has 1 unspecified atom stereocenters. The summed E-state index contributed by atoms with van der Waals surface area (Å²) in [5, 5.41) is 8.00. The summed E-state index contributed by atoms with van der Waals surface area (Å²) in [6.07, 6.45) is 3.20. The van der Waals surface area contributed by atoms with E-state index in [1.54, 1.807) is 32.4 Å². The maximum absolute atomic E-state index is 15.5. The van der Waals surface area contributed by atoms with Crippen LogP contribution in [0.4, 0.5) is 15.9 Å². The van der Waals surface area contributed by atoms with E-state index < -0.39 is 11.7 Å². The molecule has 0 saturated heterocycles. The van der Waals surface area contributed by atoms with Crippen LogP contribution in [0.5, 0.6) is 0 Å². The molecule has 1 aromatic carbocycles. The molecule has 1 aliphatic carbocycles. The molecule has 3 heterocycles. The van der Waals surface area contributed by atoms with Crippen LogP contribution in [0.25, 0.3) is 11.1 Å². The molecule has 34 heavy (non-hydrogen) atoms. The Morgan fingerprint density at radius 2 is 2.06 bits per heavy atom. The molecule has 1 spiro atoms. The number of nitrogens with one attached hydrogen (secondary N) is 1. The summed E-state index contributed by atoms with van der Waals surface area (Å²) in [4.78, 5) is 18.5. The third-order valence-corrected chi connectivity index (χ3v) is 7.57. The number of halogens is 2. The Labute approximate surface area is 203 Å². The van der Waals surface area contributed by atoms with E-state index in [2.05, 4.69) is 21.5 Å². The van der Waals surface area contributed by atoms with Crippen molar-refractivity contribution in [2.45, 2.75) is 43.5 Å². The molecule has 2 aromatic heterocycles. The predicted octanol–water partition coefficient (Wildman–Crippen LogP) is 4.29. The lowest BCUT2D eigenvalue weighted by Crippen LogP contribution is -2.26. The van der Waals surface area contributed by atoms with Crippen molar-refractivity contribution in [1.82, 2.24) is 19.7 Å². The Morgan fingerprint density at radius 3 is 2.74 bits per heavy atom. The van der Waals surface area contributed by atoms with Crippen LogP contribution in [0.1, 0.15) is 46.2 Å². The number of carbonyl (C=O) groups is 1. The fourth-order valence-electron chi connectivity index (χ4n) is 5.47. The summed E-state index contributed by atoms with van der Waals surface area (Å²) in [6.45, 7) is 4.74. The highest BCUT2D eigenvalue weighted by Crippen LogP contribution is 2.53. The average Bonchev–Trinajstić information content (AvgIpc) is 3.42. The van der Waals surface area contributed by atoms with Gasteiger partial charge in [-0.3, -0.25) is 9.48 Å². The lowest BCUT2D eigenvalue weighted by Gasteiger charge is -2.24. The maximum atomic E-state index is 15.5. The number of nitrogens with zero attached hydrogens (tertiary/aromatic N) is 4. The summed E-state index contributed by atoms with van der Waals surface area (Å²) in [7, 11) is 3.14. The first kappa shape index (κ1) is 22.7.